The minimum atomic E-state index is 1.24. The van der Waals surface area contributed by atoms with Crippen LogP contribution in [0.1, 0.15) is 5.56 Å². The molecule has 0 saturated heterocycles. The van der Waals surface area contributed by atoms with E-state index < -0.39 is 0 Å². The van der Waals surface area contributed by atoms with Gasteiger partial charge in [-0.3, -0.25) is 0 Å². The molecule has 0 atom stereocenters. The third-order valence-electron chi connectivity index (χ3n) is 2.11. The highest BCUT2D eigenvalue weighted by atomic mass is 14.7. The van der Waals surface area contributed by atoms with Crippen molar-refractivity contribution >= 4 is 24.2 Å². The molecule has 1 aromatic heterocycles. The van der Waals surface area contributed by atoms with Crippen LogP contribution >= 0.6 is 0 Å². The molecule has 0 unspecified atom stereocenters. The Morgan fingerprint density at radius 2 is 2.18 bits per heavy atom. The highest BCUT2D eigenvalue weighted by Gasteiger charge is 1.99. The van der Waals surface area contributed by atoms with Crippen LogP contribution in [0.5, 0.6) is 0 Å². The Balaban J connectivity index is 2.96. The van der Waals surface area contributed by atoms with Gasteiger partial charge < -0.3 is 4.98 Å². The van der Waals surface area contributed by atoms with Crippen molar-refractivity contribution in [3.8, 4) is 0 Å². The Morgan fingerprint density at radius 3 is 2.91 bits per heavy atom. The van der Waals surface area contributed by atoms with E-state index in [0.29, 0.717) is 0 Å². The highest BCUT2D eigenvalue weighted by Crippen LogP contribution is 2.13. The van der Waals surface area contributed by atoms with Crippen molar-refractivity contribution in [3.05, 3.63) is 30.0 Å². The van der Waals surface area contributed by atoms with Crippen LogP contribution in [0.2, 0.25) is 0 Å². The van der Waals surface area contributed by atoms with Gasteiger partial charge >= 0.3 is 0 Å². The number of nitrogens with one attached hydrogen (secondary N) is 1. The highest BCUT2D eigenvalue weighted by molar-refractivity contribution is 6.39. The topological polar surface area (TPSA) is 15.8 Å². The Bertz CT molecular complexity index is 389. The van der Waals surface area contributed by atoms with Gasteiger partial charge in [0.05, 0.1) is 0 Å². The zero-order chi connectivity index (χ0) is 7.84. The quantitative estimate of drug-likeness (QED) is 0.523. The number of hydrogen-bond donors (Lipinski definition) is 1. The Hall–Kier alpha value is -1.18. The number of aromatic amines is 1. The average Bonchev–Trinajstić information content (AvgIpc) is 2.34. The molecule has 1 heterocycles. The molecule has 0 saturated carbocycles. The molecule has 2 heteroatoms. The smallest absolute Gasteiger partial charge is 0.140 e. The number of fused-ring (bicyclic) bond motifs is 1. The van der Waals surface area contributed by atoms with Crippen molar-refractivity contribution in [2.45, 2.75) is 6.92 Å². The molecular formula is C9H10BN. The van der Waals surface area contributed by atoms with Crippen LogP contribution in [0.25, 0.3) is 10.9 Å². The summed E-state index contributed by atoms with van der Waals surface area (Å²) in [6, 6.07) is 6.33. The molecule has 0 radical (unpaired) electrons. The van der Waals surface area contributed by atoms with Crippen LogP contribution in [0.15, 0.2) is 24.4 Å². The average molecular weight is 143 g/mol. The Morgan fingerprint density at radius 1 is 1.36 bits per heavy atom. The zero-order valence-corrected chi connectivity index (χ0v) is 6.81. The number of rotatable bonds is 0. The van der Waals surface area contributed by atoms with Gasteiger partial charge in [0.1, 0.15) is 7.85 Å². The molecule has 54 valence electrons. The van der Waals surface area contributed by atoms with Crippen LogP contribution < -0.4 is 5.46 Å². The third-order valence-corrected chi connectivity index (χ3v) is 2.11. The zero-order valence-electron chi connectivity index (χ0n) is 6.81. The Labute approximate surface area is 66.8 Å². The van der Waals surface area contributed by atoms with Gasteiger partial charge in [-0.2, -0.15) is 0 Å². The van der Waals surface area contributed by atoms with Gasteiger partial charge in [-0.05, 0) is 23.9 Å². The molecule has 1 aromatic carbocycles. The maximum absolute atomic E-state index is 3.23. The predicted octanol–water partition coefficient (Wildman–Crippen LogP) is 0.735. The largest absolute Gasteiger partial charge is 0.361 e. The van der Waals surface area contributed by atoms with Gasteiger partial charge in [0.15, 0.2) is 0 Å². The molecule has 0 fully saturated rings. The predicted molar refractivity (Wildman–Crippen MR) is 51.2 cm³/mol. The fraction of sp³-hybridized carbons (Fsp3) is 0.111. The van der Waals surface area contributed by atoms with Crippen molar-refractivity contribution in [1.29, 1.82) is 0 Å². The maximum atomic E-state index is 3.23. The van der Waals surface area contributed by atoms with Gasteiger partial charge in [0.2, 0.25) is 0 Å². The van der Waals surface area contributed by atoms with Crippen LogP contribution in [0.4, 0.5) is 0 Å². The van der Waals surface area contributed by atoms with Gasteiger partial charge in [-0.25, -0.2) is 0 Å². The fourth-order valence-electron chi connectivity index (χ4n) is 1.57. The molecule has 0 bridgehead atoms. The first-order valence-corrected chi connectivity index (χ1v) is 3.82. The molecule has 0 aliphatic carbocycles. The minimum absolute atomic E-state index is 1.24. The lowest BCUT2D eigenvalue weighted by molar-refractivity contribution is 1.43. The van der Waals surface area contributed by atoms with E-state index in [0.717, 1.165) is 0 Å². The summed E-state index contributed by atoms with van der Waals surface area (Å²) in [6.07, 6.45) is 2.05. The van der Waals surface area contributed by atoms with Crippen LogP contribution in [0.3, 0.4) is 0 Å². The summed E-state index contributed by atoms with van der Waals surface area (Å²) in [5.74, 6) is 0. The molecule has 0 aliphatic rings. The SMILES string of the molecule is Bc1cccc2[nH]cc(C)c12. The van der Waals surface area contributed by atoms with E-state index in [1.54, 1.807) is 0 Å². The second kappa shape index (κ2) is 2.16. The van der Waals surface area contributed by atoms with Crippen molar-refractivity contribution in [2.24, 2.45) is 0 Å². The summed E-state index contributed by atoms with van der Waals surface area (Å²) < 4.78 is 0. The van der Waals surface area contributed by atoms with E-state index >= 15 is 0 Å². The van der Waals surface area contributed by atoms with Crippen LogP contribution in [-0.4, -0.2) is 12.8 Å². The van der Waals surface area contributed by atoms with E-state index in [4.69, 9.17) is 0 Å². The van der Waals surface area contributed by atoms with E-state index in [1.165, 1.54) is 21.9 Å². The second-order valence-corrected chi connectivity index (χ2v) is 2.97. The number of hydrogen-bond acceptors (Lipinski definition) is 0. The third kappa shape index (κ3) is 0.863. The van der Waals surface area contributed by atoms with E-state index in [1.807, 2.05) is 0 Å². The molecule has 2 aromatic rings. The summed E-state index contributed by atoms with van der Waals surface area (Å²) >= 11 is 0. The lowest BCUT2D eigenvalue weighted by Gasteiger charge is -1.95. The summed E-state index contributed by atoms with van der Waals surface area (Å²) in [4.78, 5) is 3.23. The Kier molecular flexibility index (Phi) is 1.28. The molecular weight excluding hydrogens is 133 g/mol. The fourth-order valence-corrected chi connectivity index (χ4v) is 1.57. The molecule has 0 spiro atoms. The molecule has 1 N–H and O–H groups in total. The van der Waals surface area contributed by atoms with Gasteiger partial charge in [0.25, 0.3) is 0 Å². The summed E-state index contributed by atoms with van der Waals surface area (Å²) in [5, 5.41) is 1.37. The number of H-pyrrole nitrogens is 1. The monoisotopic (exact) mass is 143 g/mol. The standard InChI is InChI=1S/C9H10BN/c1-6-5-11-8-4-2-3-7(10)9(6)8/h2-5,11H,10H2,1H3. The molecule has 0 aliphatic heterocycles. The number of benzene rings is 1. The molecule has 1 nitrogen and oxygen atoms in total. The van der Waals surface area contributed by atoms with E-state index in [-0.39, 0.29) is 0 Å². The number of aromatic nitrogens is 1. The normalized spacial score (nSPS) is 10.6. The molecule has 0 amide bonds. The molecule has 11 heavy (non-hydrogen) atoms. The minimum Gasteiger partial charge on any atom is -0.361 e. The maximum Gasteiger partial charge on any atom is 0.140 e. The molecule has 2 rings (SSSR count). The summed E-state index contributed by atoms with van der Waals surface area (Å²) in [6.45, 7) is 2.13. The first kappa shape index (κ1) is 6.53. The first-order chi connectivity index (χ1) is 5.29. The second-order valence-electron chi connectivity index (χ2n) is 2.97. The van der Waals surface area contributed by atoms with Crippen molar-refractivity contribution in [2.75, 3.05) is 0 Å². The van der Waals surface area contributed by atoms with Crippen LogP contribution in [-0.2, 0) is 0 Å². The summed E-state index contributed by atoms with van der Waals surface area (Å²) in [5.41, 5.74) is 3.92. The van der Waals surface area contributed by atoms with Crippen LogP contribution in [0, 0.1) is 6.92 Å². The van der Waals surface area contributed by atoms with Gasteiger partial charge in [-0.15, -0.1) is 0 Å². The first-order valence-electron chi connectivity index (χ1n) is 3.82. The summed E-state index contributed by atoms with van der Waals surface area (Å²) in [7, 11) is 2.14. The van der Waals surface area contributed by atoms with Crippen molar-refractivity contribution < 1.29 is 0 Å². The van der Waals surface area contributed by atoms with E-state index in [2.05, 4.69) is 44.1 Å². The van der Waals surface area contributed by atoms with Gasteiger partial charge in [0, 0.05) is 11.7 Å². The lowest BCUT2D eigenvalue weighted by Crippen LogP contribution is -2.02. The number of aryl methyl sites for hydroxylation is 1. The van der Waals surface area contributed by atoms with Crippen molar-refractivity contribution in [1.82, 2.24) is 4.98 Å². The van der Waals surface area contributed by atoms with Gasteiger partial charge in [-0.1, -0.05) is 17.6 Å². The lowest BCUT2D eigenvalue weighted by atomic mass is 9.91. The van der Waals surface area contributed by atoms with Crippen molar-refractivity contribution in [3.63, 3.8) is 0 Å². The van der Waals surface area contributed by atoms with E-state index in [9.17, 15) is 0 Å².